The predicted molar refractivity (Wildman–Crippen MR) is 39.6 cm³/mol. The topological polar surface area (TPSA) is 43.4 Å². The molecule has 0 spiro atoms. The first-order chi connectivity index (χ1) is 3.98. The van der Waals surface area contributed by atoms with E-state index in [0.717, 1.165) is 0 Å². The first-order valence-corrected chi connectivity index (χ1v) is 2.63. The second kappa shape index (κ2) is 5.29. The summed E-state index contributed by atoms with van der Waals surface area (Å²) in [5.41, 5.74) is -0.582. The average Bonchev–Trinajstić information content (AvgIpc) is 1.64. The Hall–Kier alpha value is 0.621. The molecule has 0 aliphatic rings. The maximum atomic E-state index is 10.6. The Kier molecular flexibility index (Phi) is 7.00. The van der Waals surface area contributed by atoms with Gasteiger partial charge in [-0.15, -0.1) is 0 Å². The van der Waals surface area contributed by atoms with Crippen LogP contribution in [0, 0.1) is 5.41 Å². The fourth-order valence-electron chi connectivity index (χ4n) is 0.220. The van der Waals surface area contributed by atoms with Gasteiger partial charge in [0.1, 0.15) is 0 Å². The van der Waals surface area contributed by atoms with Crippen molar-refractivity contribution in [3.63, 3.8) is 0 Å². The summed E-state index contributed by atoms with van der Waals surface area (Å²) < 4.78 is 4.09. The molecule has 56 valence electrons. The predicted octanol–water partition coefficient (Wildman–Crippen LogP) is 0.576. The molecule has 0 aliphatic carbocycles. The molecule has 0 bridgehead atoms. The minimum Gasteiger partial charge on any atom is -1.00 e. The molecular formula is C6H12O3Sr. The van der Waals surface area contributed by atoms with Gasteiger partial charge < -0.3 is 7.59 Å². The first kappa shape index (κ1) is 13.2. The molecule has 0 fully saturated rings. The van der Waals surface area contributed by atoms with Crippen molar-refractivity contribution in [1.29, 1.82) is 0 Å². The van der Waals surface area contributed by atoms with Crippen molar-refractivity contribution in [3.05, 3.63) is 0 Å². The summed E-state index contributed by atoms with van der Waals surface area (Å²) in [5.74, 6) is -0.502. The number of esters is 1. The molecule has 10 heavy (non-hydrogen) atoms. The van der Waals surface area contributed by atoms with Gasteiger partial charge in [0.05, 0.1) is 5.41 Å². The molecule has 0 unspecified atom stereocenters. The molecule has 0 amide bonds. The fourth-order valence-corrected chi connectivity index (χ4v) is 0.220. The normalized spacial score (nSPS) is 9.50. The summed E-state index contributed by atoms with van der Waals surface area (Å²) in [6.07, 6.45) is 0. The number of rotatable bonds is 1. The summed E-state index contributed by atoms with van der Waals surface area (Å²) in [5, 5.41) is 0. The van der Waals surface area contributed by atoms with E-state index in [0.29, 0.717) is 0 Å². The molecule has 0 rings (SSSR count). The molecule has 0 saturated carbocycles. The third kappa shape index (κ3) is 5.41. The van der Waals surface area contributed by atoms with Crippen LogP contribution in [0.15, 0.2) is 0 Å². The zero-order valence-electron chi connectivity index (χ0n) is 8.51. The second-order valence-electron chi connectivity index (χ2n) is 2.75. The number of hydrogen-bond donors (Lipinski definition) is 0. The van der Waals surface area contributed by atoms with E-state index in [1.54, 1.807) is 20.8 Å². The Labute approximate surface area is 100 Å². The van der Waals surface area contributed by atoms with Crippen molar-refractivity contribution in [2.45, 2.75) is 20.8 Å². The van der Waals surface area contributed by atoms with Gasteiger partial charge in [-0.3, -0.25) is 9.59 Å². The van der Waals surface area contributed by atoms with Gasteiger partial charge in [-0.25, -0.2) is 0 Å². The van der Waals surface area contributed by atoms with Crippen LogP contribution in [0.3, 0.4) is 0 Å². The Morgan fingerprint density at radius 2 is 1.90 bits per heavy atom. The van der Waals surface area contributed by atoms with E-state index in [2.05, 4.69) is 4.74 Å². The summed E-state index contributed by atoms with van der Waals surface area (Å²) in [7, 11) is 0. The van der Waals surface area contributed by atoms with E-state index in [1.165, 1.54) is 0 Å². The molecule has 3 nitrogen and oxygen atoms in total. The van der Waals surface area contributed by atoms with Crippen LogP contribution in [-0.2, 0) is 14.3 Å². The molecule has 0 radical (unpaired) electrons. The fraction of sp³-hybridized carbons (Fsp3) is 0.667. The summed E-state index contributed by atoms with van der Waals surface area (Å²) in [6.45, 7) is 5.18. The quantitative estimate of drug-likeness (QED) is 0.281. The van der Waals surface area contributed by atoms with Crippen LogP contribution in [0.5, 0.6) is 0 Å². The third-order valence-electron chi connectivity index (χ3n) is 0.768. The number of carbonyl (C=O) groups is 2. The van der Waals surface area contributed by atoms with Crippen LogP contribution in [0.1, 0.15) is 23.6 Å². The van der Waals surface area contributed by atoms with E-state index >= 15 is 0 Å². The van der Waals surface area contributed by atoms with Crippen LogP contribution in [-0.4, -0.2) is 57.9 Å². The van der Waals surface area contributed by atoms with E-state index in [1.807, 2.05) is 0 Å². The van der Waals surface area contributed by atoms with Crippen molar-refractivity contribution < 1.29 is 17.2 Å². The van der Waals surface area contributed by atoms with E-state index in [-0.39, 0.29) is 54.8 Å². The summed E-state index contributed by atoms with van der Waals surface area (Å²) in [4.78, 5) is 20.2. The van der Waals surface area contributed by atoms with E-state index in [9.17, 15) is 9.59 Å². The van der Waals surface area contributed by atoms with Gasteiger partial charge in [0.25, 0.3) is 0 Å². The van der Waals surface area contributed by atoms with Crippen LogP contribution in [0.4, 0.5) is 0 Å². The van der Waals surface area contributed by atoms with Gasteiger partial charge >= 0.3 is 57.9 Å². The molecular weight excluding hydrogens is 208 g/mol. The Morgan fingerprint density at radius 3 is 2.00 bits per heavy atom. The monoisotopic (exact) mass is 220 g/mol. The molecule has 0 aromatic carbocycles. The second-order valence-corrected chi connectivity index (χ2v) is 2.75. The van der Waals surface area contributed by atoms with Crippen LogP contribution >= 0.6 is 0 Å². The van der Waals surface area contributed by atoms with Crippen LogP contribution < -0.4 is 0 Å². The van der Waals surface area contributed by atoms with Gasteiger partial charge in [-0.1, -0.05) is 0 Å². The standard InChI is InChI=1S/C6H10O3.Sr.2H/c1-6(2,3)5(8)9-4-7;;;/h4H,1-3H3;;;/q;+2;2*-1. The Balaban J connectivity index is -0.000000107. The first-order valence-electron chi connectivity index (χ1n) is 2.63. The van der Waals surface area contributed by atoms with Crippen LogP contribution in [0.2, 0.25) is 0 Å². The Morgan fingerprint density at radius 1 is 1.50 bits per heavy atom. The molecule has 0 aromatic heterocycles. The number of carbonyl (C=O) groups excluding carboxylic acids is 2. The summed E-state index contributed by atoms with van der Waals surface area (Å²) in [6, 6.07) is 0. The summed E-state index contributed by atoms with van der Waals surface area (Å²) >= 11 is 0. The maximum Gasteiger partial charge on any atom is 2.00 e. The smallest absolute Gasteiger partial charge is 1.00 e. The molecule has 0 atom stereocenters. The van der Waals surface area contributed by atoms with E-state index in [4.69, 9.17) is 0 Å². The van der Waals surface area contributed by atoms with Gasteiger partial charge in [0, 0.05) is 0 Å². The van der Waals surface area contributed by atoms with Crippen molar-refractivity contribution >= 4 is 57.9 Å². The van der Waals surface area contributed by atoms with Crippen molar-refractivity contribution in [2.75, 3.05) is 0 Å². The van der Waals surface area contributed by atoms with Crippen molar-refractivity contribution in [1.82, 2.24) is 0 Å². The minimum atomic E-state index is -0.582. The van der Waals surface area contributed by atoms with Crippen molar-refractivity contribution in [2.24, 2.45) is 5.41 Å². The number of ether oxygens (including phenoxy) is 1. The van der Waals surface area contributed by atoms with Gasteiger partial charge in [0.2, 0.25) is 0 Å². The largest absolute Gasteiger partial charge is 2.00 e. The van der Waals surface area contributed by atoms with Crippen LogP contribution in [0.25, 0.3) is 0 Å². The zero-order valence-corrected chi connectivity index (χ0v) is 9.99. The van der Waals surface area contributed by atoms with Gasteiger partial charge in [0.15, 0.2) is 0 Å². The van der Waals surface area contributed by atoms with E-state index < -0.39 is 11.4 Å². The third-order valence-corrected chi connectivity index (χ3v) is 0.768. The molecule has 0 aliphatic heterocycles. The molecule has 0 saturated heterocycles. The van der Waals surface area contributed by atoms with Gasteiger partial charge in [-0.05, 0) is 20.8 Å². The maximum absolute atomic E-state index is 10.6. The number of hydrogen-bond acceptors (Lipinski definition) is 3. The van der Waals surface area contributed by atoms with Gasteiger partial charge in [-0.2, -0.15) is 0 Å². The minimum absolute atomic E-state index is 0. The Bertz CT molecular complexity index is 133. The zero-order chi connectivity index (χ0) is 7.49. The van der Waals surface area contributed by atoms with Crippen molar-refractivity contribution in [3.8, 4) is 0 Å². The molecule has 4 heteroatoms. The SMILES string of the molecule is CC(C)(C)C(=O)OC=O.[H-].[H-].[Sr+2]. The molecule has 0 aromatic rings. The average molecular weight is 220 g/mol. The molecule has 0 N–H and O–H groups in total. The molecule has 0 heterocycles.